The van der Waals surface area contributed by atoms with Crippen LogP contribution in [0.4, 0.5) is 5.69 Å². The molecule has 1 aromatic rings. The van der Waals surface area contributed by atoms with Crippen molar-refractivity contribution < 1.29 is 9.47 Å². The molecule has 1 atom stereocenters. The summed E-state index contributed by atoms with van der Waals surface area (Å²) in [6, 6.07) is 8.15. The predicted octanol–water partition coefficient (Wildman–Crippen LogP) is 3.70. The second-order valence-electron chi connectivity index (χ2n) is 5.55. The Balaban J connectivity index is 1.80. The lowest BCUT2D eigenvalue weighted by molar-refractivity contribution is 0.107. The van der Waals surface area contributed by atoms with Crippen LogP contribution in [-0.2, 0) is 4.74 Å². The molecule has 106 valence electrons. The fourth-order valence-electron chi connectivity index (χ4n) is 2.23. The standard InChI is InChI=1S/C16H25NO2/c1-13(2)12-19-16-8-4-3-7-15(16)17-10-9-14-6-5-11-18-14/h3-4,7-8,13-14,17H,5-6,9-12H2,1-2H3. The molecule has 3 heteroatoms. The van der Waals surface area contributed by atoms with Gasteiger partial charge in [0.2, 0.25) is 0 Å². The highest BCUT2D eigenvalue weighted by Crippen LogP contribution is 2.24. The molecular formula is C16H25NO2. The predicted molar refractivity (Wildman–Crippen MR) is 78.9 cm³/mol. The molecule has 1 unspecified atom stereocenters. The van der Waals surface area contributed by atoms with Crippen molar-refractivity contribution in [2.75, 3.05) is 25.1 Å². The van der Waals surface area contributed by atoms with Crippen LogP contribution in [-0.4, -0.2) is 25.9 Å². The van der Waals surface area contributed by atoms with Gasteiger partial charge in [0.1, 0.15) is 5.75 Å². The number of hydrogen-bond acceptors (Lipinski definition) is 3. The van der Waals surface area contributed by atoms with Crippen molar-refractivity contribution in [1.82, 2.24) is 0 Å². The van der Waals surface area contributed by atoms with Gasteiger partial charge >= 0.3 is 0 Å². The van der Waals surface area contributed by atoms with Crippen LogP contribution in [0.25, 0.3) is 0 Å². The molecule has 0 amide bonds. The summed E-state index contributed by atoms with van der Waals surface area (Å²) in [5.74, 6) is 1.49. The van der Waals surface area contributed by atoms with Crippen LogP contribution < -0.4 is 10.1 Å². The van der Waals surface area contributed by atoms with Crippen LogP contribution in [0.5, 0.6) is 5.75 Å². The number of ether oxygens (including phenoxy) is 2. The molecule has 1 N–H and O–H groups in total. The smallest absolute Gasteiger partial charge is 0.142 e. The topological polar surface area (TPSA) is 30.5 Å². The largest absolute Gasteiger partial charge is 0.491 e. The summed E-state index contributed by atoms with van der Waals surface area (Å²) < 4.78 is 11.5. The molecule has 0 saturated carbocycles. The van der Waals surface area contributed by atoms with E-state index in [9.17, 15) is 0 Å². The van der Waals surface area contributed by atoms with Crippen molar-refractivity contribution in [3.05, 3.63) is 24.3 Å². The molecule has 1 aliphatic heterocycles. The van der Waals surface area contributed by atoms with Crippen molar-refractivity contribution >= 4 is 5.69 Å². The number of benzene rings is 1. The van der Waals surface area contributed by atoms with Gasteiger partial charge in [-0.3, -0.25) is 0 Å². The molecule has 0 spiro atoms. The van der Waals surface area contributed by atoms with Crippen molar-refractivity contribution in [2.45, 2.75) is 39.2 Å². The van der Waals surface area contributed by atoms with Gasteiger partial charge in [0.05, 0.1) is 18.4 Å². The van der Waals surface area contributed by atoms with E-state index in [1.807, 2.05) is 18.2 Å². The van der Waals surface area contributed by atoms with Gasteiger partial charge in [0, 0.05) is 13.2 Å². The summed E-state index contributed by atoms with van der Waals surface area (Å²) in [5, 5.41) is 3.46. The first-order chi connectivity index (χ1) is 9.25. The highest BCUT2D eigenvalue weighted by molar-refractivity contribution is 5.56. The summed E-state index contributed by atoms with van der Waals surface area (Å²) in [5.41, 5.74) is 1.08. The number of hydrogen-bond donors (Lipinski definition) is 1. The highest BCUT2D eigenvalue weighted by atomic mass is 16.5. The van der Waals surface area contributed by atoms with Gasteiger partial charge in [-0.1, -0.05) is 26.0 Å². The molecule has 0 aliphatic carbocycles. The fourth-order valence-corrected chi connectivity index (χ4v) is 2.23. The average Bonchev–Trinajstić information content (AvgIpc) is 2.91. The normalized spacial score (nSPS) is 18.8. The molecule has 1 aromatic carbocycles. The van der Waals surface area contributed by atoms with Gasteiger partial charge in [-0.15, -0.1) is 0 Å². The average molecular weight is 263 g/mol. The SMILES string of the molecule is CC(C)COc1ccccc1NCCC1CCCO1. The zero-order valence-electron chi connectivity index (χ0n) is 12.0. The molecule has 1 heterocycles. The van der Waals surface area contributed by atoms with Crippen molar-refractivity contribution in [1.29, 1.82) is 0 Å². The minimum atomic E-state index is 0.441. The summed E-state index contributed by atoms with van der Waals surface area (Å²) in [7, 11) is 0. The molecule has 1 aliphatic rings. The Morgan fingerprint density at radius 3 is 2.95 bits per heavy atom. The monoisotopic (exact) mass is 263 g/mol. The molecule has 2 rings (SSSR count). The van der Waals surface area contributed by atoms with E-state index in [2.05, 4.69) is 25.2 Å². The first-order valence-electron chi connectivity index (χ1n) is 7.33. The number of anilines is 1. The Morgan fingerprint density at radius 1 is 1.37 bits per heavy atom. The summed E-state index contributed by atoms with van der Waals surface area (Å²) in [6.07, 6.45) is 3.92. The Hall–Kier alpha value is -1.22. The first-order valence-corrected chi connectivity index (χ1v) is 7.33. The van der Waals surface area contributed by atoms with Gasteiger partial charge in [-0.05, 0) is 37.3 Å². The summed E-state index contributed by atoms with van der Waals surface area (Å²) in [4.78, 5) is 0. The van der Waals surface area contributed by atoms with E-state index in [0.29, 0.717) is 12.0 Å². The van der Waals surface area contributed by atoms with E-state index in [1.165, 1.54) is 12.8 Å². The van der Waals surface area contributed by atoms with Crippen LogP contribution in [0.15, 0.2) is 24.3 Å². The number of para-hydroxylation sites is 2. The molecule has 0 bridgehead atoms. The van der Waals surface area contributed by atoms with Crippen molar-refractivity contribution in [3.8, 4) is 5.75 Å². The second-order valence-corrected chi connectivity index (χ2v) is 5.55. The minimum absolute atomic E-state index is 0.441. The Morgan fingerprint density at radius 2 is 2.21 bits per heavy atom. The maximum Gasteiger partial charge on any atom is 0.142 e. The third-order valence-corrected chi connectivity index (χ3v) is 3.26. The summed E-state index contributed by atoms with van der Waals surface area (Å²) in [6.45, 7) is 6.94. The Bertz CT molecular complexity index is 373. The fraction of sp³-hybridized carbons (Fsp3) is 0.625. The molecule has 1 fully saturated rings. The number of nitrogens with one attached hydrogen (secondary N) is 1. The number of rotatable bonds is 7. The maximum absolute atomic E-state index is 5.83. The van der Waals surface area contributed by atoms with E-state index in [0.717, 1.165) is 37.6 Å². The third kappa shape index (κ3) is 4.75. The quantitative estimate of drug-likeness (QED) is 0.813. The lowest BCUT2D eigenvalue weighted by Crippen LogP contribution is -2.13. The molecule has 19 heavy (non-hydrogen) atoms. The van der Waals surface area contributed by atoms with Crippen LogP contribution >= 0.6 is 0 Å². The summed E-state index contributed by atoms with van der Waals surface area (Å²) >= 11 is 0. The van der Waals surface area contributed by atoms with E-state index in [4.69, 9.17) is 9.47 Å². The molecule has 3 nitrogen and oxygen atoms in total. The molecule has 0 aromatic heterocycles. The maximum atomic E-state index is 5.83. The molecule has 1 saturated heterocycles. The second kappa shape index (κ2) is 7.39. The minimum Gasteiger partial charge on any atom is -0.491 e. The zero-order valence-corrected chi connectivity index (χ0v) is 12.0. The van der Waals surface area contributed by atoms with E-state index in [-0.39, 0.29) is 0 Å². The van der Waals surface area contributed by atoms with Crippen LogP contribution in [0.1, 0.15) is 33.1 Å². The van der Waals surface area contributed by atoms with Crippen LogP contribution in [0, 0.1) is 5.92 Å². The third-order valence-electron chi connectivity index (χ3n) is 3.26. The van der Waals surface area contributed by atoms with E-state index in [1.54, 1.807) is 0 Å². The van der Waals surface area contributed by atoms with Gasteiger partial charge in [0.25, 0.3) is 0 Å². The Kier molecular flexibility index (Phi) is 5.52. The zero-order chi connectivity index (χ0) is 13.5. The molecule has 0 radical (unpaired) electrons. The highest BCUT2D eigenvalue weighted by Gasteiger charge is 2.14. The van der Waals surface area contributed by atoms with E-state index < -0.39 is 0 Å². The van der Waals surface area contributed by atoms with Crippen LogP contribution in [0.3, 0.4) is 0 Å². The lowest BCUT2D eigenvalue weighted by atomic mass is 10.2. The van der Waals surface area contributed by atoms with Crippen molar-refractivity contribution in [2.24, 2.45) is 5.92 Å². The van der Waals surface area contributed by atoms with Gasteiger partial charge in [-0.25, -0.2) is 0 Å². The first kappa shape index (κ1) is 14.2. The van der Waals surface area contributed by atoms with Gasteiger partial charge in [0.15, 0.2) is 0 Å². The Labute approximate surface area is 116 Å². The lowest BCUT2D eigenvalue weighted by Gasteiger charge is -2.15. The van der Waals surface area contributed by atoms with Gasteiger partial charge in [-0.2, -0.15) is 0 Å². The van der Waals surface area contributed by atoms with E-state index >= 15 is 0 Å². The molecular weight excluding hydrogens is 238 g/mol. The van der Waals surface area contributed by atoms with Crippen molar-refractivity contribution in [3.63, 3.8) is 0 Å². The van der Waals surface area contributed by atoms with Gasteiger partial charge < -0.3 is 14.8 Å². The van der Waals surface area contributed by atoms with Crippen LogP contribution in [0.2, 0.25) is 0 Å².